The molecule has 348 valence electrons. The quantitative estimate of drug-likeness (QED) is 0.0246. The van der Waals surface area contributed by atoms with Gasteiger partial charge in [0, 0.05) is 49.3 Å². The zero-order valence-electron chi connectivity index (χ0n) is 36.3. The standard InChI is InChI=1S/C47H56N10O9/c1-27(48)41(60)54-37(22-28-8-3-2-4-9-28)44(63)55-38(23-29-13-17-32(58)18-14-29)43(62)53-36(12-7-21-51-47(49)50)42(61)56-39(25-31-26-52-35-11-6-5-10-34(31)35)45(64)57-40(46(65)66)24-30-15-19-33(59)20-16-30/h2-6,8-11,13-20,26-27,36-40,52,58-59H,7,12,21-25,48H2,1H3,(H,53,62)(H,54,60)(H,55,63)(H,56,61)(H,57,64)(H,65,66)(H4,49,50,51)/t27-,36-,37-,38-,39-,40-/m0/s1. The number of aliphatic imine (C=N–C) groups is 1. The number of hydrogen-bond donors (Lipinski definition) is 12. The van der Waals surface area contributed by atoms with Crippen molar-refractivity contribution in [3.8, 4) is 11.5 Å². The number of carboxylic acids is 1. The van der Waals surface area contributed by atoms with Gasteiger partial charge < -0.3 is 64.1 Å². The minimum Gasteiger partial charge on any atom is -0.508 e. The van der Waals surface area contributed by atoms with E-state index in [1.807, 2.05) is 18.2 Å². The summed E-state index contributed by atoms with van der Waals surface area (Å²) in [6.45, 7) is 1.52. The summed E-state index contributed by atoms with van der Waals surface area (Å²) in [6.07, 6.45) is 1.46. The molecule has 0 saturated carbocycles. The first-order valence-electron chi connectivity index (χ1n) is 21.3. The van der Waals surface area contributed by atoms with E-state index in [-0.39, 0.29) is 62.5 Å². The number of aromatic amines is 1. The Bertz CT molecular complexity index is 2470. The van der Waals surface area contributed by atoms with Gasteiger partial charge in [0.05, 0.1) is 6.04 Å². The molecule has 1 aromatic heterocycles. The summed E-state index contributed by atoms with van der Waals surface area (Å²) >= 11 is 0. The third-order valence-corrected chi connectivity index (χ3v) is 10.6. The molecule has 0 aliphatic heterocycles. The van der Waals surface area contributed by atoms with Crippen LogP contribution in [0.4, 0.5) is 0 Å². The third kappa shape index (κ3) is 14.8. The maximum absolute atomic E-state index is 14.5. The second-order valence-electron chi connectivity index (χ2n) is 15.9. The Morgan fingerprint density at radius 1 is 0.576 bits per heavy atom. The fourth-order valence-corrected chi connectivity index (χ4v) is 7.10. The number of carboxylic acid groups (broad SMARTS) is 1. The Morgan fingerprint density at radius 3 is 1.55 bits per heavy atom. The van der Waals surface area contributed by atoms with Crippen molar-refractivity contribution >= 4 is 52.4 Å². The molecule has 0 spiro atoms. The number of phenolic OH excluding ortho intramolecular Hbond substituents is 2. The molecule has 0 bridgehead atoms. The number of nitrogens with one attached hydrogen (secondary N) is 6. The number of nitrogens with zero attached hydrogens (tertiary/aromatic N) is 1. The summed E-state index contributed by atoms with van der Waals surface area (Å²) in [5.41, 5.74) is 20.1. The molecule has 19 nitrogen and oxygen atoms in total. The van der Waals surface area contributed by atoms with Gasteiger partial charge in [-0.25, -0.2) is 4.79 Å². The molecule has 0 aliphatic carbocycles. The molecule has 6 atom stereocenters. The van der Waals surface area contributed by atoms with Gasteiger partial charge in [-0.15, -0.1) is 0 Å². The first kappa shape index (κ1) is 49.1. The fraction of sp³-hybridized carbons (Fsp3) is 0.298. The largest absolute Gasteiger partial charge is 0.508 e. The van der Waals surface area contributed by atoms with Crippen molar-refractivity contribution < 1.29 is 44.1 Å². The van der Waals surface area contributed by atoms with Gasteiger partial charge >= 0.3 is 5.97 Å². The van der Waals surface area contributed by atoms with E-state index in [1.54, 1.807) is 54.7 Å². The lowest BCUT2D eigenvalue weighted by molar-refractivity contribution is -0.142. The summed E-state index contributed by atoms with van der Waals surface area (Å²) in [5, 5.41) is 44.0. The number of H-pyrrole nitrogens is 1. The molecule has 1 heterocycles. The van der Waals surface area contributed by atoms with Crippen molar-refractivity contribution in [2.24, 2.45) is 22.2 Å². The van der Waals surface area contributed by atoms with E-state index in [0.717, 1.165) is 10.9 Å². The van der Waals surface area contributed by atoms with E-state index in [4.69, 9.17) is 17.2 Å². The number of aromatic nitrogens is 1. The summed E-state index contributed by atoms with van der Waals surface area (Å²) < 4.78 is 0. The van der Waals surface area contributed by atoms with E-state index in [1.165, 1.54) is 43.3 Å². The molecule has 5 aromatic rings. The van der Waals surface area contributed by atoms with Gasteiger partial charge in [0.2, 0.25) is 29.5 Å². The number of carbonyl (C=O) groups excluding carboxylic acids is 5. The molecule has 0 saturated heterocycles. The summed E-state index contributed by atoms with van der Waals surface area (Å²) in [6, 6.07) is 20.2. The van der Waals surface area contributed by atoms with Crippen LogP contribution in [0.1, 0.15) is 42.0 Å². The molecule has 19 heteroatoms. The zero-order chi connectivity index (χ0) is 47.8. The Balaban J connectivity index is 1.45. The van der Waals surface area contributed by atoms with Crippen LogP contribution in [0.5, 0.6) is 11.5 Å². The average molecular weight is 905 g/mol. The Hall–Kier alpha value is -7.93. The van der Waals surface area contributed by atoms with Crippen LogP contribution in [-0.2, 0) is 54.5 Å². The first-order chi connectivity index (χ1) is 31.6. The Kier molecular flexibility index (Phi) is 17.6. The van der Waals surface area contributed by atoms with E-state index in [0.29, 0.717) is 22.3 Å². The van der Waals surface area contributed by atoms with Crippen molar-refractivity contribution in [3.63, 3.8) is 0 Å². The summed E-state index contributed by atoms with van der Waals surface area (Å²) in [7, 11) is 0. The van der Waals surface area contributed by atoms with Gasteiger partial charge in [0.1, 0.15) is 41.7 Å². The van der Waals surface area contributed by atoms with Crippen molar-refractivity contribution in [1.82, 2.24) is 31.6 Å². The molecular formula is C47H56N10O9. The lowest BCUT2D eigenvalue weighted by Crippen LogP contribution is -2.60. The van der Waals surface area contributed by atoms with Crippen LogP contribution in [0.2, 0.25) is 0 Å². The van der Waals surface area contributed by atoms with Gasteiger partial charge in [0.15, 0.2) is 5.96 Å². The van der Waals surface area contributed by atoms with Crippen molar-refractivity contribution in [2.75, 3.05) is 6.54 Å². The number of para-hydroxylation sites is 1. The highest BCUT2D eigenvalue weighted by atomic mass is 16.4. The molecular weight excluding hydrogens is 849 g/mol. The third-order valence-electron chi connectivity index (χ3n) is 10.6. The van der Waals surface area contributed by atoms with E-state index >= 15 is 0 Å². The van der Waals surface area contributed by atoms with Crippen molar-refractivity contribution in [1.29, 1.82) is 0 Å². The minimum absolute atomic E-state index is 0.0249. The fourth-order valence-electron chi connectivity index (χ4n) is 7.10. The van der Waals surface area contributed by atoms with Crippen LogP contribution in [0, 0.1) is 0 Å². The second kappa shape index (κ2) is 23.7. The first-order valence-corrected chi connectivity index (χ1v) is 21.3. The summed E-state index contributed by atoms with van der Waals surface area (Å²) in [4.78, 5) is 89.6. The Morgan fingerprint density at radius 2 is 1.02 bits per heavy atom. The number of phenols is 2. The van der Waals surface area contributed by atoms with Gasteiger partial charge in [-0.2, -0.15) is 0 Å². The van der Waals surface area contributed by atoms with Crippen LogP contribution in [0.15, 0.2) is 114 Å². The van der Waals surface area contributed by atoms with Crippen LogP contribution in [0.25, 0.3) is 10.9 Å². The molecule has 5 amide bonds. The molecule has 0 fully saturated rings. The number of guanidine groups is 1. The van der Waals surface area contributed by atoms with Gasteiger partial charge in [0.25, 0.3) is 0 Å². The number of carbonyl (C=O) groups is 6. The number of amides is 5. The number of benzene rings is 4. The SMILES string of the molecule is C[C@H](N)C(=O)N[C@@H](Cc1ccccc1)C(=O)N[C@@H](Cc1ccc(O)cc1)C(=O)N[C@@H](CCCN=C(N)N)C(=O)N[C@@H](Cc1c[nH]c2ccccc12)C(=O)N[C@@H](Cc1ccc(O)cc1)C(=O)O. The normalized spacial score (nSPS) is 13.7. The van der Waals surface area contributed by atoms with E-state index < -0.39 is 71.8 Å². The van der Waals surface area contributed by atoms with Crippen LogP contribution in [0.3, 0.4) is 0 Å². The van der Waals surface area contributed by atoms with Crippen LogP contribution < -0.4 is 43.8 Å². The average Bonchev–Trinajstić information content (AvgIpc) is 3.70. The molecule has 5 rings (SSSR count). The smallest absolute Gasteiger partial charge is 0.326 e. The number of aromatic hydroxyl groups is 2. The number of hydrogen-bond acceptors (Lipinski definition) is 10. The molecule has 4 aromatic carbocycles. The Labute approximate surface area is 380 Å². The minimum atomic E-state index is -1.44. The predicted octanol–water partition coefficient (Wildman–Crippen LogP) is 0.759. The lowest BCUT2D eigenvalue weighted by Gasteiger charge is -2.27. The highest BCUT2D eigenvalue weighted by Crippen LogP contribution is 2.20. The highest BCUT2D eigenvalue weighted by Gasteiger charge is 2.33. The topological polar surface area (TPSA) is 329 Å². The number of fused-ring (bicyclic) bond motifs is 1. The highest BCUT2D eigenvalue weighted by molar-refractivity contribution is 5.97. The van der Waals surface area contributed by atoms with Gasteiger partial charge in [-0.3, -0.25) is 29.0 Å². The lowest BCUT2D eigenvalue weighted by atomic mass is 10.0. The van der Waals surface area contributed by atoms with Crippen LogP contribution in [-0.4, -0.2) is 105 Å². The monoisotopic (exact) mass is 904 g/mol. The maximum atomic E-state index is 14.5. The predicted molar refractivity (Wildman–Crippen MR) is 247 cm³/mol. The molecule has 0 aliphatic rings. The molecule has 66 heavy (non-hydrogen) atoms. The molecule has 0 unspecified atom stereocenters. The molecule has 0 radical (unpaired) electrons. The number of aliphatic carboxylic acids is 1. The van der Waals surface area contributed by atoms with Gasteiger partial charge in [-0.05, 0) is 72.4 Å². The summed E-state index contributed by atoms with van der Waals surface area (Å²) in [5.74, 6) is -5.40. The van der Waals surface area contributed by atoms with E-state index in [9.17, 15) is 44.1 Å². The number of nitrogens with two attached hydrogens (primary N) is 3. The van der Waals surface area contributed by atoms with Crippen molar-refractivity contribution in [3.05, 3.63) is 132 Å². The second-order valence-corrected chi connectivity index (χ2v) is 15.9. The molecule has 15 N–H and O–H groups in total. The van der Waals surface area contributed by atoms with E-state index in [2.05, 4.69) is 36.6 Å². The number of rotatable bonds is 23. The van der Waals surface area contributed by atoms with Crippen molar-refractivity contribution in [2.45, 2.75) is 81.7 Å². The maximum Gasteiger partial charge on any atom is 0.326 e. The van der Waals surface area contributed by atoms with Crippen LogP contribution >= 0.6 is 0 Å². The van der Waals surface area contributed by atoms with Gasteiger partial charge in [-0.1, -0.05) is 72.8 Å². The zero-order valence-corrected chi connectivity index (χ0v) is 36.3.